The quantitative estimate of drug-likeness (QED) is 0.647. The molecule has 0 atom stereocenters. The number of aromatic nitrogens is 3. The van der Waals surface area contributed by atoms with Gasteiger partial charge in [0.25, 0.3) is 0 Å². The highest BCUT2D eigenvalue weighted by atomic mass is 14.9. The number of para-hydroxylation sites is 1. The molecule has 4 heteroatoms. The molecule has 0 fully saturated rings. The molecule has 0 aliphatic carbocycles. The molecule has 16 heavy (non-hydrogen) atoms. The Hall–Kier alpha value is -2.36. The molecule has 0 aliphatic heterocycles. The third kappa shape index (κ3) is 1.32. The summed E-state index contributed by atoms with van der Waals surface area (Å²) < 4.78 is 0. The van der Waals surface area contributed by atoms with E-state index in [4.69, 9.17) is 5.73 Å². The number of nitrogens with zero attached hydrogens (tertiary/aromatic N) is 2. The Balaban J connectivity index is 2.23. The third-order valence-corrected chi connectivity index (χ3v) is 2.53. The summed E-state index contributed by atoms with van der Waals surface area (Å²) in [5.74, 6) is 0. The predicted molar refractivity (Wildman–Crippen MR) is 63.7 cm³/mol. The zero-order chi connectivity index (χ0) is 11.0. The van der Waals surface area contributed by atoms with Crippen LogP contribution in [0.1, 0.15) is 0 Å². The summed E-state index contributed by atoms with van der Waals surface area (Å²) in [5, 5.41) is 1.15. The smallest absolute Gasteiger partial charge is 0.116 e. The lowest BCUT2D eigenvalue weighted by atomic mass is 10.2. The van der Waals surface area contributed by atoms with Crippen LogP contribution in [-0.4, -0.2) is 15.0 Å². The molecule has 3 N–H and O–H groups in total. The first-order valence-electron chi connectivity index (χ1n) is 4.98. The highest BCUT2D eigenvalue weighted by Gasteiger charge is 2.06. The second kappa shape index (κ2) is 3.34. The number of nitrogen functional groups attached to an aromatic ring is 1. The van der Waals surface area contributed by atoms with Gasteiger partial charge >= 0.3 is 0 Å². The fraction of sp³-hybridized carbons (Fsp3) is 0. The highest BCUT2D eigenvalue weighted by molar-refractivity contribution is 5.86. The van der Waals surface area contributed by atoms with Crippen molar-refractivity contribution in [3.05, 3.63) is 42.9 Å². The monoisotopic (exact) mass is 210 g/mol. The van der Waals surface area contributed by atoms with Gasteiger partial charge in [-0.25, -0.2) is 9.97 Å². The van der Waals surface area contributed by atoms with Crippen molar-refractivity contribution in [2.24, 2.45) is 0 Å². The standard InChI is InChI=1S/C12H10N4/c13-9-6-14-7-15-12(9)11-5-8-3-1-2-4-10(8)16-11/h1-7,16H,13H2. The van der Waals surface area contributed by atoms with Gasteiger partial charge < -0.3 is 10.7 Å². The molecule has 0 saturated carbocycles. The van der Waals surface area contributed by atoms with Gasteiger partial charge in [0.15, 0.2) is 0 Å². The molecule has 78 valence electrons. The minimum atomic E-state index is 0.578. The maximum Gasteiger partial charge on any atom is 0.116 e. The lowest BCUT2D eigenvalue weighted by Gasteiger charge is -1.99. The van der Waals surface area contributed by atoms with E-state index in [1.165, 1.54) is 6.33 Å². The molecule has 3 aromatic rings. The number of fused-ring (bicyclic) bond motifs is 1. The number of aromatic amines is 1. The van der Waals surface area contributed by atoms with E-state index in [2.05, 4.69) is 15.0 Å². The van der Waals surface area contributed by atoms with E-state index in [-0.39, 0.29) is 0 Å². The van der Waals surface area contributed by atoms with Crippen molar-refractivity contribution in [1.29, 1.82) is 0 Å². The molecule has 0 bridgehead atoms. The molecule has 2 heterocycles. The van der Waals surface area contributed by atoms with Crippen LogP contribution in [0.25, 0.3) is 22.3 Å². The summed E-state index contributed by atoms with van der Waals surface area (Å²) in [6, 6.07) is 10.1. The topological polar surface area (TPSA) is 67.6 Å². The van der Waals surface area contributed by atoms with Crippen molar-refractivity contribution < 1.29 is 0 Å². The molecule has 3 rings (SSSR count). The van der Waals surface area contributed by atoms with E-state index in [1.54, 1.807) is 6.20 Å². The molecule has 2 aromatic heterocycles. The highest BCUT2D eigenvalue weighted by Crippen LogP contribution is 2.25. The number of benzene rings is 1. The molecule has 0 aliphatic rings. The lowest BCUT2D eigenvalue weighted by molar-refractivity contribution is 1.17. The first-order valence-corrected chi connectivity index (χ1v) is 4.98. The maximum atomic E-state index is 5.83. The summed E-state index contributed by atoms with van der Waals surface area (Å²) in [4.78, 5) is 11.3. The minimum absolute atomic E-state index is 0.578. The summed E-state index contributed by atoms with van der Waals surface area (Å²) in [6.07, 6.45) is 3.10. The minimum Gasteiger partial charge on any atom is -0.396 e. The van der Waals surface area contributed by atoms with Gasteiger partial charge in [-0.05, 0) is 12.1 Å². The lowest BCUT2D eigenvalue weighted by Crippen LogP contribution is -1.94. The van der Waals surface area contributed by atoms with Gasteiger partial charge in [0, 0.05) is 10.9 Å². The Bertz CT molecular complexity index is 609. The average Bonchev–Trinajstić information content (AvgIpc) is 2.73. The zero-order valence-electron chi connectivity index (χ0n) is 8.51. The molecule has 0 unspecified atom stereocenters. The van der Waals surface area contributed by atoms with Crippen molar-refractivity contribution in [2.45, 2.75) is 0 Å². The van der Waals surface area contributed by atoms with E-state index in [0.717, 1.165) is 22.3 Å². The van der Waals surface area contributed by atoms with E-state index in [9.17, 15) is 0 Å². The Kier molecular flexibility index (Phi) is 1.86. The van der Waals surface area contributed by atoms with Gasteiger partial charge in [-0.3, -0.25) is 0 Å². The van der Waals surface area contributed by atoms with E-state index >= 15 is 0 Å². The van der Waals surface area contributed by atoms with E-state index in [1.807, 2.05) is 30.3 Å². The molecule has 4 nitrogen and oxygen atoms in total. The van der Waals surface area contributed by atoms with Gasteiger partial charge in [-0.2, -0.15) is 0 Å². The Morgan fingerprint density at radius 2 is 2.06 bits per heavy atom. The summed E-state index contributed by atoms with van der Waals surface area (Å²) in [7, 11) is 0. The average molecular weight is 210 g/mol. The fourth-order valence-corrected chi connectivity index (χ4v) is 1.77. The van der Waals surface area contributed by atoms with Crippen LogP contribution >= 0.6 is 0 Å². The van der Waals surface area contributed by atoms with Crippen molar-refractivity contribution in [1.82, 2.24) is 15.0 Å². The molecule has 0 spiro atoms. The van der Waals surface area contributed by atoms with Crippen LogP contribution in [0, 0.1) is 0 Å². The van der Waals surface area contributed by atoms with Gasteiger partial charge in [-0.1, -0.05) is 18.2 Å². The second-order valence-corrected chi connectivity index (χ2v) is 3.60. The van der Waals surface area contributed by atoms with Crippen molar-refractivity contribution in [3.63, 3.8) is 0 Å². The molecule has 0 amide bonds. The van der Waals surface area contributed by atoms with E-state index < -0.39 is 0 Å². The predicted octanol–water partition coefficient (Wildman–Crippen LogP) is 2.21. The Labute approximate surface area is 92.2 Å². The number of hydrogen-bond donors (Lipinski definition) is 2. The number of hydrogen-bond acceptors (Lipinski definition) is 3. The fourth-order valence-electron chi connectivity index (χ4n) is 1.77. The normalized spacial score (nSPS) is 10.8. The Morgan fingerprint density at radius 3 is 2.88 bits per heavy atom. The van der Waals surface area contributed by atoms with Crippen LogP contribution in [0.2, 0.25) is 0 Å². The summed E-state index contributed by atoms with van der Waals surface area (Å²) >= 11 is 0. The third-order valence-electron chi connectivity index (χ3n) is 2.53. The maximum absolute atomic E-state index is 5.83. The van der Waals surface area contributed by atoms with Crippen LogP contribution < -0.4 is 5.73 Å². The molecule has 1 aromatic carbocycles. The van der Waals surface area contributed by atoms with Crippen LogP contribution in [0.4, 0.5) is 5.69 Å². The van der Waals surface area contributed by atoms with Gasteiger partial charge in [-0.15, -0.1) is 0 Å². The van der Waals surface area contributed by atoms with Crippen LogP contribution in [0.15, 0.2) is 42.9 Å². The molecule has 0 saturated heterocycles. The van der Waals surface area contributed by atoms with Crippen molar-refractivity contribution in [2.75, 3.05) is 5.73 Å². The number of H-pyrrole nitrogens is 1. The first-order chi connectivity index (χ1) is 7.84. The zero-order valence-corrected chi connectivity index (χ0v) is 8.51. The second-order valence-electron chi connectivity index (χ2n) is 3.60. The summed E-state index contributed by atoms with van der Waals surface area (Å²) in [6.45, 7) is 0. The molecular formula is C12H10N4. The van der Waals surface area contributed by atoms with Gasteiger partial charge in [0.2, 0.25) is 0 Å². The van der Waals surface area contributed by atoms with Gasteiger partial charge in [0.05, 0.1) is 17.6 Å². The molecule has 0 radical (unpaired) electrons. The number of nitrogens with one attached hydrogen (secondary N) is 1. The number of nitrogens with two attached hydrogens (primary N) is 1. The first kappa shape index (κ1) is 8.91. The van der Waals surface area contributed by atoms with E-state index in [0.29, 0.717) is 5.69 Å². The summed E-state index contributed by atoms with van der Waals surface area (Å²) in [5.41, 5.74) is 9.15. The SMILES string of the molecule is Nc1cncnc1-c1cc2ccccc2[nH]1. The van der Waals surface area contributed by atoms with Crippen LogP contribution in [0.5, 0.6) is 0 Å². The van der Waals surface area contributed by atoms with Crippen LogP contribution in [-0.2, 0) is 0 Å². The largest absolute Gasteiger partial charge is 0.396 e. The van der Waals surface area contributed by atoms with Gasteiger partial charge in [0.1, 0.15) is 12.0 Å². The van der Waals surface area contributed by atoms with Crippen molar-refractivity contribution in [3.8, 4) is 11.4 Å². The Morgan fingerprint density at radius 1 is 1.19 bits per heavy atom. The number of anilines is 1. The molecular weight excluding hydrogens is 200 g/mol. The van der Waals surface area contributed by atoms with Crippen LogP contribution in [0.3, 0.4) is 0 Å². The van der Waals surface area contributed by atoms with Crippen molar-refractivity contribution >= 4 is 16.6 Å². The number of rotatable bonds is 1.